The molecule has 152 valence electrons. The molecule has 0 aliphatic heterocycles. The van der Waals surface area contributed by atoms with Crippen molar-refractivity contribution in [3.8, 4) is 11.1 Å². The number of benzene rings is 1. The molecular weight excluding hydrogens is 412 g/mol. The van der Waals surface area contributed by atoms with Crippen molar-refractivity contribution >= 4 is 45.3 Å². The lowest BCUT2D eigenvalue weighted by Crippen LogP contribution is -2.45. The summed E-state index contributed by atoms with van der Waals surface area (Å²) in [4.78, 5) is 43.9. The van der Waals surface area contributed by atoms with Crippen molar-refractivity contribution in [2.45, 2.75) is 24.9 Å². The normalized spacial score (nSPS) is 11.8. The first kappa shape index (κ1) is 20.9. The number of nitrogens with zero attached hydrogens (tertiary/aromatic N) is 1. The maximum Gasteiger partial charge on any atom is 0.426 e. The van der Waals surface area contributed by atoms with Gasteiger partial charge in [0.1, 0.15) is 10.7 Å². The second-order valence-corrected chi connectivity index (χ2v) is 8.18. The minimum absolute atomic E-state index is 0.202. The molecule has 3 N–H and O–H groups in total. The molecule has 3 aromatic rings. The topological polar surface area (TPSA) is 113 Å². The number of aromatic nitrogens is 2. The van der Waals surface area contributed by atoms with E-state index in [4.69, 9.17) is 0 Å². The Bertz CT molecular complexity index is 1070. The summed E-state index contributed by atoms with van der Waals surface area (Å²) in [5.41, 5.74) is 6.08. The number of aromatic amines is 1. The van der Waals surface area contributed by atoms with E-state index in [-0.39, 0.29) is 18.1 Å². The number of hydrogen-bond acceptors (Lipinski definition) is 7. The number of hydrogen-bond donors (Lipinski definition) is 3. The molecule has 2 heterocycles. The van der Waals surface area contributed by atoms with Gasteiger partial charge in [-0.3, -0.25) is 15.0 Å². The molecule has 2 amide bonds. The molecule has 1 atom stereocenters. The molecule has 0 radical (unpaired) electrons. The highest BCUT2D eigenvalue weighted by atomic mass is 32.2. The van der Waals surface area contributed by atoms with Crippen LogP contribution in [0.4, 0.5) is 4.79 Å². The van der Waals surface area contributed by atoms with Crippen LogP contribution in [0, 0.1) is 0 Å². The lowest BCUT2D eigenvalue weighted by Gasteiger charge is -2.12. The van der Waals surface area contributed by atoms with E-state index in [1.807, 2.05) is 35.7 Å². The lowest BCUT2D eigenvalue weighted by molar-refractivity contribution is -0.121. The first-order valence-corrected chi connectivity index (χ1v) is 10.8. The highest BCUT2D eigenvalue weighted by molar-refractivity contribution is 7.99. The van der Waals surface area contributed by atoms with Crippen LogP contribution >= 0.6 is 23.1 Å². The number of fused-ring (bicyclic) bond motifs is 1. The van der Waals surface area contributed by atoms with Crippen LogP contribution in [0.15, 0.2) is 40.5 Å². The maximum absolute atomic E-state index is 12.6. The Morgan fingerprint density at radius 1 is 1.28 bits per heavy atom. The predicted molar refractivity (Wildman–Crippen MR) is 115 cm³/mol. The summed E-state index contributed by atoms with van der Waals surface area (Å²) >= 11 is 2.70. The highest BCUT2D eigenvalue weighted by Gasteiger charge is 2.17. The monoisotopic (exact) mass is 432 g/mol. The van der Waals surface area contributed by atoms with Gasteiger partial charge in [0.05, 0.1) is 23.0 Å². The average molecular weight is 433 g/mol. The molecule has 0 saturated heterocycles. The Balaban J connectivity index is 1.66. The van der Waals surface area contributed by atoms with Crippen molar-refractivity contribution in [2.75, 3.05) is 6.61 Å². The Morgan fingerprint density at radius 2 is 2.03 bits per heavy atom. The van der Waals surface area contributed by atoms with Crippen molar-refractivity contribution in [2.24, 2.45) is 0 Å². The first-order valence-electron chi connectivity index (χ1n) is 8.89. The van der Waals surface area contributed by atoms with Gasteiger partial charge in [0.15, 0.2) is 0 Å². The van der Waals surface area contributed by atoms with E-state index in [1.165, 1.54) is 23.1 Å². The molecule has 10 heteroatoms. The number of nitrogens with one attached hydrogen (secondary N) is 3. The van der Waals surface area contributed by atoms with Crippen molar-refractivity contribution in [3.05, 3.63) is 51.9 Å². The third-order valence-electron chi connectivity index (χ3n) is 3.98. The van der Waals surface area contributed by atoms with Crippen LogP contribution in [-0.2, 0) is 15.3 Å². The summed E-state index contributed by atoms with van der Waals surface area (Å²) in [5, 5.41) is 2.02. The van der Waals surface area contributed by atoms with E-state index in [0.29, 0.717) is 21.8 Å². The molecule has 29 heavy (non-hydrogen) atoms. The molecule has 0 bridgehead atoms. The molecule has 3 rings (SSSR count). The molecule has 0 spiro atoms. The van der Waals surface area contributed by atoms with E-state index in [2.05, 4.69) is 25.6 Å². The van der Waals surface area contributed by atoms with Crippen molar-refractivity contribution in [1.82, 2.24) is 20.8 Å². The molecule has 2 aromatic heterocycles. The Labute approximate surface area is 175 Å². The highest BCUT2D eigenvalue weighted by Crippen LogP contribution is 2.30. The third kappa shape index (κ3) is 5.15. The Hall–Kier alpha value is -2.85. The number of thioether (sulfide) groups is 1. The number of amides is 2. The molecule has 0 aliphatic rings. The van der Waals surface area contributed by atoms with Gasteiger partial charge in [-0.25, -0.2) is 15.2 Å². The molecule has 8 nitrogen and oxygen atoms in total. The quantitative estimate of drug-likeness (QED) is 0.516. The summed E-state index contributed by atoms with van der Waals surface area (Å²) in [6, 6.07) is 9.68. The second-order valence-electron chi connectivity index (χ2n) is 6.00. The van der Waals surface area contributed by atoms with E-state index in [0.717, 1.165) is 11.1 Å². The fraction of sp³-hybridized carbons (Fsp3) is 0.263. The fourth-order valence-electron chi connectivity index (χ4n) is 2.55. The zero-order valence-corrected chi connectivity index (χ0v) is 17.5. The fourth-order valence-corrected chi connectivity index (χ4v) is 4.27. The largest absolute Gasteiger partial charge is 0.449 e. The smallest absolute Gasteiger partial charge is 0.426 e. The van der Waals surface area contributed by atoms with Gasteiger partial charge < -0.3 is 9.72 Å². The van der Waals surface area contributed by atoms with E-state index in [9.17, 15) is 14.4 Å². The minimum atomic E-state index is -0.721. The second kappa shape index (κ2) is 9.57. The van der Waals surface area contributed by atoms with Gasteiger partial charge in [0.2, 0.25) is 0 Å². The summed E-state index contributed by atoms with van der Waals surface area (Å²) in [5.74, 6) is 0.457. The number of carbonyl (C=O) groups is 2. The zero-order chi connectivity index (χ0) is 20.8. The van der Waals surface area contributed by atoms with Crippen LogP contribution in [0.1, 0.15) is 19.7 Å². The SMILES string of the molecule is CCOC(=O)NNC(=O)[C@H](C)SCc1nc2scc(-c3ccccc3)c2c(=O)[nH]1. The third-order valence-corrected chi connectivity index (χ3v) is 6.01. The number of carbonyl (C=O) groups excluding carboxylic acids is 2. The van der Waals surface area contributed by atoms with Gasteiger partial charge in [-0.05, 0) is 19.4 Å². The zero-order valence-electron chi connectivity index (χ0n) is 15.9. The van der Waals surface area contributed by atoms with Crippen LogP contribution in [0.3, 0.4) is 0 Å². The Morgan fingerprint density at radius 3 is 2.76 bits per heavy atom. The molecule has 0 aliphatic carbocycles. The van der Waals surface area contributed by atoms with Gasteiger partial charge in [0, 0.05) is 10.9 Å². The summed E-state index contributed by atoms with van der Waals surface area (Å²) < 4.78 is 4.67. The lowest BCUT2D eigenvalue weighted by atomic mass is 10.1. The van der Waals surface area contributed by atoms with Crippen LogP contribution in [0.25, 0.3) is 21.3 Å². The number of hydrazine groups is 1. The van der Waals surface area contributed by atoms with Crippen LogP contribution in [-0.4, -0.2) is 33.8 Å². The molecular formula is C19H20N4O4S2. The first-order chi connectivity index (χ1) is 14.0. The average Bonchev–Trinajstić information content (AvgIpc) is 3.15. The number of H-pyrrole nitrogens is 1. The number of thiophene rings is 1. The van der Waals surface area contributed by atoms with Gasteiger partial charge in [0.25, 0.3) is 11.5 Å². The number of ether oxygens (including phenoxy) is 1. The van der Waals surface area contributed by atoms with Gasteiger partial charge in [-0.15, -0.1) is 23.1 Å². The minimum Gasteiger partial charge on any atom is -0.449 e. The Kier molecular flexibility index (Phi) is 6.89. The van der Waals surface area contributed by atoms with Gasteiger partial charge >= 0.3 is 6.09 Å². The van der Waals surface area contributed by atoms with E-state index in [1.54, 1.807) is 13.8 Å². The molecule has 0 fully saturated rings. The van der Waals surface area contributed by atoms with Crippen LogP contribution < -0.4 is 16.4 Å². The van der Waals surface area contributed by atoms with Gasteiger partial charge in [-0.1, -0.05) is 30.3 Å². The molecule has 0 unspecified atom stereocenters. The predicted octanol–water partition coefficient (Wildman–Crippen LogP) is 3.05. The van der Waals surface area contributed by atoms with E-state index >= 15 is 0 Å². The standard InChI is InChI=1S/C19H20N4O4S2/c1-3-27-19(26)23-22-16(24)11(2)28-10-14-20-17(25)15-13(9-29-18(15)21-14)12-7-5-4-6-8-12/h4-9,11H,3,10H2,1-2H3,(H,22,24)(H,23,26)(H,20,21,25)/t11-/m0/s1. The summed E-state index contributed by atoms with van der Waals surface area (Å²) in [6.07, 6.45) is -0.721. The maximum atomic E-state index is 12.6. The molecule has 0 saturated carbocycles. The summed E-state index contributed by atoms with van der Waals surface area (Å²) in [6.45, 7) is 3.57. The van der Waals surface area contributed by atoms with Crippen molar-refractivity contribution in [1.29, 1.82) is 0 Å². The van der Waals surface area contributed by atoms with Crippen LogP contribution in [0.2, 0.25) is 0 Å². The van der Waals surface area contributed by atoms with Crippen LogP contribution in [0.5, 0.6) is 0 Å². The van der Waals surface area contributed by atoms with Crippen molar-refractivity contribution < 1.29 is 14.3 Å². The van der Waals surface area contributed by atoms with Crippen molar-refractivity contribution in [3.63, 3.8) is 0 Å². The molecule has 1 aromatic carbocycles. The number of rotatable bonds is 6. The van der Waals surface area contributed by atoms with E-state index < -0.39 is 11.3 Å². The summed E-state index contributed by atoms with van der Waals surface area (Å²) in [7, 11) is 0. The van der Waals surface area contributed by atoms with Gasteiger partial charge in [-0.2, -0.15) is 0 Å².